The van der Waals surface area contributed by atoms with Crippen molar-refractivity contribution < 1.29 is 18.7 Å². The molecule has 1 saturated heterocycles. The van der Waals surface area contributed by atoms with Crippen molar-refractivity contribution >= 4 is 23.2 Å². The number of hydrogen-bond acceptors (Lipinski definition) is 7. The van der Waals surface area contributed by atoms with Crippen molar-refractivity contribution in [2.75, 3.05) is 19.6 Å². The lowest BCUT2D eigenvalue weighted by molar-refractivity contribution is 0.0888. The van der Waals surface area contributed by atoms with E-state index in [0.717, 1.165) is 60.6 Å². The van der Waals surface area contributed by atoms with Crippen LogP contribution in [0.25, 0.3) is 11.1 Å². The molecule has 10 heteroatoms. The van der Waals surface area contributed by atoms with E-state index < -0.39 is 11.7 Å². The molecule has 0 unspecified atom stereocenters. The lowest BCUT2D eigenvalue weighted by atomic mass is 9.91. The van der Waals surface area contributed by atoms with Gasteiger partial charge in [-0.25, -0.2) is 14.4 Å². The van der Waals surface area contributed by atoms with Gasteiger partial charge in [0.1, 0.15) is 22.8 Å². The molecule has 2 aliphatic rings. The Morgan fingerprint density at radius 2 is 1.67 bits per heavy atom. The van der Waals surface area contributed by atoms with Crippen molar-refractivity contribution in [2.45, 2.75) is 70.4 Å². The molecule has 2 N–H and O–H groups in total. The van der Waals surface area contributed by atoms with Crippen molar-refractivity contribution in [1.82, 2.24) is 25.5 Å². The van der Waals surface area contributed by atoms with E-state index in [4.69, 9.17) is 4.74 Å². The monoisotopic (exact) mass is 641 g/mol. The second kappa shape index (κ2) is 15.0. The first-order valence-corrected chi connectivity index (χ1v) is 17.1. The van der Waals surface area contributed by atoms with Gasteiger partial charge in [0.15, 0.2) is 0 Å². The lowest BCUT2D eigenvalue weighted by Crippen LogP contribution is -2.44. The van der Waals surface area contributed by atoms with Crippen molar-refractivity contribution in [3.63, 3.8) is 0 Å². The molecule has 8 nitrogen and oxygen atoms in total. The number of rotatable bonds is 11. The zero-order chi connectivity index (χ0) is 31.9. The van der Waals surface area contributed by atoms with Crippen LogP contribution in [0.2, 0.25) is 0 Å². The van der Waals surface area contributed by atoms with Gasteiger partial charge in [-0.3, -0.25) is 9.59 Å². The molecular weight excluding hydrogens is 601 g/mol. The number of carbonyl (C=O) groups is 2. The predicted octanol–water partition coefficient (Wildman–Crippen LogP) is 6.94. The SMILES string of the molecule is Cc1nc(C(=O)N[C@H]2CC[C@@H](NC(=O)c3cc(F)cnc3Oc3cccc(-c4ccc(CCCN5CCCC5)cc4)c3)CC2)cs1. The van der Waals surface area contributed by atoms with Gasteiger partial charge in [-0.1, -0.05) is 36.4 Å². The average Bonchev–Trinajstić information content (AvgIpc) is 3.75. The van der Waals surface area contributed by atoms with Crippen LogP contribution in [0.1, 0.15) is 76.4 Å². The summed E-state index contributed by atoms with van der Waals surface area (Å²) in [5.41, 5.74) is 3.84. The molecule has 2 aromatic carbocycles. The quantitative estimate of drug-likeness (QED) is 0.184. The van der Waals surface area contributed by atoms with Gasteiger partial charge in [0, 0.05) is 17.5 Å². The summed E-state index contributed by atoms with van der Waals surface area (Å²) in [6, 6.07) is 17.3. The Morgan fingerprint density at radius 1 is 0.957 bits per heavy atom. The Bertz CT molecular complexity index is 1650. The zero-order valence-corrected chi connectivity index (χ0v) is 27.0. The summed E-state index contributed by atoms with van der Waals surface area (Å²) in [7, 11) is 0. The van der Waals surface area contributed by atoms with Gasteiger partial charge in [-0.15, -0.1) is 11.3 Å². The Labute approximate surface area is 273 Å². The van der Waals surface area contributed by atoms with E-state index in [2.05, 4.69) is 49.8 Å². The third-order valence-corrected chi connectivity index (χ3v) is 9.56. The normalized spacial score (nSPS) is 18.3. The van der Waals surface area contributed by atoms with Crippen LogP contribution in [-0.4, -0.2) is 58.4 Å². The maximum Gasteiger partial charge on any atom is 0.270 e. The van der Waals surface area contributed by atoms with Crippen molar-refractivity contribution in [3.8, 4) is 22.8 Å². The van der Waals surface area contributed by atoms with E-state index in [1.165, 1.54) is 42.8 Å². The summed E-state index contributed by atoms with van der Waals surface area (Å²) in [5, 5.41) is 8.67. The van der Waals surface area contributed by atoms with Crippen LogP contribution in [0, 0.1) is 12.7 Å². The van der Waals surface area contributed by atoms with Crippen molar-refractivity contribution in [2.24, 2.45) is 0 Å². The van der Waals surface area contributed by atoms with E-state index in [-0.39, 0.29) is 29.4 Å². The number of nitrogens with zero attached hydrogens (tertiary/aromatic N) is 3. The summed E-state index contributed by atoms with van der Waals surface area (Å²) in [5.74, 6) is -0.677. The summed E-state index contributed by atoms with van der Waals surface area (Å²) in [6.45, 7) is 5.49. The third-order valence-electron chi connectivity index (χ3n) is 8.79. The highest BCUT2D eigenvalue weighted by Gasteiger charge is 2.26. The second-order valence-electron chi connectivity index (χ2n) is 12.2. The van der Waals surface area contributed by atoms with Gasteiger partial charge in [0.2, 0.25) is 5.88 Å². The third kappa shape index (κ3) is 8.35. The number of benzene rings is 2. The van der Waals surface area contributed by atoms with Crippen molar-refractivity contribution in [3.05, 3.63) is 93.8 Å². The summed E-state index contributed by atoms with van der Waals surface area (Å²) >= 11 is 1.44. The van der Waals surface area contributed by atoms with Gasteiger partial charge < -0.3 is 20.3 Å². The Hall–Kier alpha value is -4.15. The number of halogens is 1. The van der Waals surface area contributed by atoms with E-state index in [9.17, 15) is 14.0 Å². The first kappa shape index (κ1) is 31.8. The number of thiazole rings is 1. The lowest BCUT2D eigenvalue weighted by Gasteiger charge is -2.29. The van der Waals surface area contributed by atoms with Crippen LogP contribution < -0.4 is 15.4 Å². The molecule has 0 spiro atoms. The molecule has 1 aliphatic carbocycles. The number of aryl methyl sites for hydroxylation is 2. The number of amides is 2. The molecule has 0 atom stereocenters. The number of nitrogens with one attached hydrogen (secondary N) is 2. The molecule has 3 heterocycles. The molecule has 0 bridgehead atoms. The van der Waals surface area contributed by atoms with Crippen molar-refractivity contribution in [1.29, 1.82) is 0 Å². The fraction of sp³-hybridized carbons (Fsp3) is 0.389. The molecule has 240 valence electrons. The fourth-order valence-corrected chi connectivity index (χ4v) is 6.86. The van der Waals surface area contributed by atoms with Gasteiger partial charge >= 0.3 is 0 Å². The second-order valence-corrected chi connectivity index (χ2v) is 13.3. The molecule has 0 radical (unpaired) electrons. The van der Waals surface area contributed by atoms with Gasteiger partial charge in [0.25, 0.3) is 11.8 Å². The van der Waals surface area contributed by atoms with Crippen LogP contribution in [0.4, 0.5) is 4.39 Å². The standard InChI is InChI=1S/C36H40FN5O3S/c1-24-39-33(23-46-24)35(44)41-30-15-13-29(14-16-30)40-34(43)32-21-28(37)22-38-36(32)45-31-8-4-7-27(20-31)26-11-9-25(10-12-26)6-5-19-42-17-2-3-18-42/h4,7-12,20-23,29-30H,2-3,5-6,13-19H2,1H3,(H,40,43)(H,41,44)/t29-,30+. The molecule has 6 rings (SSSR count). The number of carbonyl (C=O) groups excluding carboxylic acids is 2. The summed E-state index contributed by atoms with van der Waals surface area (Å²) in [4.78, 5) is 36.7. The van der Waals surface area contributed by atoms with Crippen LogP contribution in [0.5, 0.6) is 11.6 Å². The van der Waals surface area contributed by atoms with Crippen LogP contribution in [0.15, 0.2) is 66.2 Å². The number of hydrogen-bond donors (Lipinski definition) is 2. The minimum absolute atomic E-state index is 0.0145. The molecule has 46 heavy (non-hydrogen) atoms. The predicted molar refractivity (Wildman–Crippen MR) is 178 cm³/mol. The highest BCUT2D eigenvalue weighted by Crippen LogP contribution is 2.29. The number of likely N-dealkylation sites (tertiary alicyclic amines) is 1. The van der Waals surface area contributed by atoms with Gasteiger partial charge in [-0.2, -0.15) is 0 Å². The molecule has 2 fully saturated rings. The van der Waals surface area contributed by atoms with Crippen LogP contribution in [0.3, 0.4) is 0 Å². The minimum atomic E-state index is -0.615. The Morgan fingerprint density at radius 3 is 2.37 bits per heavy atom. The highest BCUT2D eigenvalue weighted by atomic mass is 32.1. The maximum absolute atomic E-state index is 14.3. The van der Waals surface area contributed by atoms with Crippen LogP contribution >= 0.6 is 11.3 Å². The number of aromatic nitrogens is 2. The van der Waals surface area contributed by atoms with E-state index in [0.29, 0.717) is 24.3 Å². The summed E-state index contributed by atoms with van der Waals surface area (Å²) < 4.78 is 20.3. The molecule has 1 saturated carbocycles. The Balaban J connectivity index is 1.04. The fourth-order valence-electron chi connectivity index (χ4n) is 6.27. The Kier molecular flexibility index (Phi) is 10.3. The maximum atomic E-state index is 14.3. The molecule has 2 amide bonds. The van der Waals surface area contributed by atoms with Gasteiger partial charge in [-0.05, 0) is 113 Å². The number of ether oxygens (including phenoxy) is 1. The molecule has 2 aromatic heterocycles. The molecule has 4 aromatic rings. The first-order valence-electron chi connectivity index (χ1n) is 16.2. The van der Waals surface area contributed by atoms with E-state index >= 15 is 0 Å². The minimum Gasteiger partial charge on any atom is -0.438 e. The number of pyridine rings is 1. The largest absolute Gasteiger partial charge is 0.438 e. The topological polar surface area (TPSA) is 96.5 Å². The average molecular weight is 642 g/mol. The first-order chi connectivity index (χ1) is 22.4. The van der Waals surface area contributed by atoms with Gasteiger partial charge in [0.05, 0.1) is 11.2 Å². The highest BCUT2D eigenvalue weighted by molar-refractivity contribution is 7.09. The van der Waals surface area contributed by atoms with E-state index in [1.807, 2.05) is 25.1 Å². The molecular formula is C36H40FN5O3S. The van der Waals surface area contributed by atoms with Crippen LogP contribution in [-0.2, 0) is 6.42 Å². The van der Waals surface area contributed by atoms with E-state index in [1.54, 1.807) is 11.4 Å². The molecule has 1 aliphatic heterocycles. The zero-order valence-electron chi connectivity index (χ0n) is 26.1. The smallest absolute Gasteiger partial charge is 0.270 e. The summed E-state index contributed by atoms with van der Waals surface area (Å²) in [6.07, 6.45) is 8.73.